The van der Waals surface area contributed by atoms with E-state index in [-0.39, 0.29) is 24.1 Å². The van der Waals surface area contributed by atoms with Gasteiger partial charge in [-0.1, -0.05) is 23.7 Å². The van der Waals surface area contributed by atoms with Gasteiger partial charge in [0.1, 0.15) is 11.8 Å². The molecular weight excluding hydrogens is 474 g/mol. The minimum absolute atomic E-state index is 0.161. The molecule has 2 unspecified atom stereocenters. The van der Waals surface area contributed by atoms with Gasteiger partial charge in [-0.3, -0.25) is 14.4 Å². The van der Waals surface area contributed by atoms with E-state index < -0.39 is 12.1 Å². The lowest BCUT2D eigenvalue weighted by molar-refractivity contribution is -0.123. The second-order valence-electron chi connectivity index (χ2n) is 8.26. The third kappa shape index (κ3) is 4.15. The third-order valence-corrected chi connectivity index (χ3v) is 7.28. The van der Waals surface area contributed by atoms with Crippen LogP contribution in [0.1, 0.15) is 21.7 Å². The van der Waals surface area contributed by atoms with Gasteiger partial charge in [-0.15, -0.1) is 11.3 Å². The number of carbonyl (C=O) groups is 3. The Kier molecular flexibility index (Phi) is 6.02. The Morgan fingerprint density at radius 1 is 1.21 bits per heavy atom. The number of nitrogens with zero attached hydrogens (tertiary/aromatic N) is 1. The molecule has 0 saturated carbocycles. The van der Waals surface area contributed by atoms with Gasteiger partial charge in [0.2, 0.25) is 11.8 Å². The Morgan fingerprint density at radius 2 is 2.06 bits per heavy atom. The first kappa shape index (κ1) is 22.4. The van der Waals surface area contributed by atoms with Crippen LogP contribution in [0.15, 0.2) is 53.9 Å². The molecule has 3 amide bonds. The minimum atomic E-state index is -0.767. The van der Waals surface area contributed by atoms with Gasteiger partial charge in [-0.05, 0) is 53.8 Å². The maximum Gasteiger partial charge on any atom is 0.256 e. The zero-order chi connectivity index (χ0) is 23.8. The molecule has 2 aliphatic rings. The molecule has 7 nitrogen and oxygen atoms in total. The largest absolute Gasteiger partial charge is 0.496 e. The average molecular weight is 496 g/mol. The molecule has 3 aromatic rings. The summed E-state index contributed by atoms with van der Waals surface area (Å²) in [4.78, 5) is 41.7. The second-order valence-corrected chi connectivity index (χ2v) is 9.73. The third-order valence-electron chi connectivity index (χ3n) is 6.17. The molecule has 2 atom stereocenters. The van der Waals surface area contributed by atoms with Crippen molar-refractivity contribution in [3.05, 3.63) is 69.4 Å². The van der Waals surface area contributed by atoms with Crippen molar-refractivity contribution < 1.29 is 19.1 Å². The molecule has 0 bridgehead atoms. The Hall–Kier alpha value is -3.36. The monoisotopic (exact) mass is 495 g/mol. The number of fused-ring (bicyclic) bond motifs is 2. The van der Waals surface area contributed by atoms with Crippen LogP contribution in [-0.2, 0) is 16.0 Å². The van der Waals surface area contributed by atoms with Crippen LogP contribution in [0.4, 0.5) is 5.69 Å². The zero-order valence-electron chi connectivity index (χ0n) is 18.3. The fraction of sp³-hybridized carbons (Fsp3) is 0.240. The van der Waals surface area contributed by atoms with Gasteiger partial charge < -0.3 is 20.3 Å². The van der Waals surface area contributed by atoms with Crippen LogP contribution >= 0.6 is 22.9 Å². The van der Waals surface area contributed by atoms with E-state index in [1.807, 2.05) is 23.6 Å². The number of carbonyl (C=O) groups excluding carboxylic acids is 3. The van der Waals surface area contributed by atoms with E-state index >= 15 is 0 Å². The predicted molar refractivity (Wildman–Crippen MR) is 131 cm³/mol. The van der Waals surface area contributed by atoms with Crippen LogP contribution in [0.5, 0.6) is 5.75 Å². The number of anilines is 1. The molecule has 5 rings (SSSR count). The normalized spacial score (nSPS) is 19.2. The second kappa shape index (κ2) is 9.12. The molecular formula is C25H22ClN3O4S. The summed E-state index contributed by atoms with van der Waals surface area (Å²) in [5.74, 6) is -0.0935. The van der Waals surface area contributed by atoms with Crippen LogP contribution in [-0.4, -0.2) is 48.4 Å². The van der Waals surface area contributed by atoms with Crippen molar-refractivity contribution in [2.45, 2.75) is 24.9 Å². The molecule has 2 N–H and O–H groups in total. The highest BCUT2D eigenvalue weighted by molar-refractivity contribution is 7.10. The lowest BCUT2D eigenvalue weighted by atomic mass is 10.0. The van der Waals surface area contributed by atoms with Gasteiger partial charge in [0, 0.05) is 22.0 Å². The van der Waals surface area contributed by atoms with Gasteiger partial charge in [0.05, 0.1) is 30.8 Å². The van der Waals surface area contributed by atoms with Crippen LogP contribution in [0.3, 0.4) is 0 Å². The molecule has 0 radical (unpaired) electrons. The summed E-state index contributed by atoms with van der Waals surface area (Å²) >= 11 is 7.70. The molecule has 1 fully saturated rings. The topological polar surface area (TPSA) is 87.7 Å². The first-order chi connectivity index (χ1) is 16.4. The molecule has 2 aromatic carbocycles. The molecule has 2 aliphatic heterocycles. The van der Waals surface area contributed by atoms with E-state index in [0.29, 0.717) is 35.0 Å². The quantitative estimate of drug-likeness (QED) is 0.560. The number of hydrogen-bond acceptors (Lipinski definition) is 5. The minimum Gasteiger partial charge on any atom is -0.496 e. The van der Waals surface area contributed by atoms with Gasteiger partial charge in [-0.2, -0.15) is 0 Å². The van der Waals surface area contributed by atoms with Gasteiger partial charge in [-0.25, -0.2) is 0 Å². The van der Waals surface area contributed by atoms with Crippen molar-refractivity contribution >= 4 is 46.3 Å². The van der Waals surface area contributed by atoms with Crippen LogP contribution in [0.25, 0.3) is 11.1 Å². The maximum absolute atomic E-state index is 13.5. The predicted octanol–water partition coefficient (Wildman–Crippen LogP) is 3.97. The summed E-state index contributed by atoms with van der Waals surface area (Å²) in [6.45, 7) is 0.380. The summed E-state index contributed by atoms with van der Waals surface area (Å²) in [7, 11) is 1.57. The van der Waals surface area contributed by atoms with Crippen molar-refractivity contribution in [3.63, 3.8) is 0 Å². The van der Waals surface area contributed by atoms with Crippen molar-refractivity contribution in [1.82, 2.24) is 10.2 Å². The summed E-state index contributed by atoms with van der Waals surface area (Å²) < 4.78 is 5.46. The van der Waals surface area contributed by atoms with Crippen LogP contribution in [0.2, 0.25) is 5.02 Å². The van der Waals surface area contributed by atoms with E-state index in [1.165, 1.54) is 11.3 Å². The number of rotatable bonds is 5. The molecule has 0 aliphatic carbocycles. The average Bonchev–Trinajstić information content (AvgIpc) is 3.46. The maximum atomic E-state index is 13.5. The molecule has 174 valence electrons. The molecule has 9 heteroatoms. The van der Waals surface area contributed by atoms with E-state index in [4.69, 9.17) is 16.3 Å². The molecule has 1 aromatic heterocycles. The van der Waals surface area contributed by atoms with Crippen molar-refractivity contribution in [2.24, 2.45) is 0 Å². The summed E-state index contributed by atoms with van der Waals surface area (Å²) in [6, 6.07) is 13.1. The zero-order valence-corrected chi connectivity index (χ0v) is 19.9. The lowest BCUT2D eigenvalue weighted by Crippen LogP contribution is -2.51. The highest BCUT2D eigenvalue weighted by Crippen LogP contribution is 2.36. The summed E-state index contributed by atoms with van der Waals surface area (Å²) in [5.41, 5.74) is 2.33. The van der Waals surface area contributed by atoms with E-state index in [2.05, 4.69) is 10.6 Å². The fourth-order valence-electron chi connectivity index (χ4n) is 4.59. The van der Waals surface area contributed by atoms with Crippen molar-refractivity contribution in [1.29, 1.82) is 0 Å². The number of ether oxygens (including phenoxy) is 1. The first-order valence-corrected chi connectivity index (χ1v) is 12.1. The van der Waals surface area contributed by atoms with Crippen LogP contribution in [0, 0.1) is 0 Å². The first-order valence-electron chi connectivity index (χ1n) is 10.9. The van der Waals surface area contributed by atoms with Crippen LogP contribution < -0.4 is 15.4 Å². The van der Waals surface area contributed by atoms with E-state index in [1.54, 1.807) is 42.3 Å². The van der Waals surface area contributed by atoms with Crippen molar-refractivity contribution in [3.8, 4) is 16.9 Å². The number of hydrogen-bond donors (Lipinski definition) is 2. The molecule has 34 heavy (non-hydrogen) atoms. The molecule has 3 heterocycles. The Bertz CT molecular complexity index is 1280. The van der Waals surface area contributed by atoms with E-state index in [0.717, 1.165) is 16.0 Å². The highest BCUT2D eigenvalue weighted by Gasteiger charge is 2.45. The van der Waals surface area contributed by atoms with Gasteiger partial charge in [0.25, 0.3) is 5.91 Å². The number of benzene rings is 2. The SMILES string of the molecule is COc1ccc(Cl)cc1-c1ccc2c(c1)C(=O)N1CCC(NC(=O)Cc3cccs3)C1C(=O)N2. The Balaban J connectivity index is 1.42. The smallest absolute Gasteiger partial charge is 0.256 e. The van der Waals surface area contributed by atoms with E-state index in [9.17, 15) is 14.4 Å². The standard InChI is InChI=1S/C25H22ClN3O4S/c1-33-21-7-5-15(26)12-17(21)14-4-6-19-18(11-14)25(32)29-9-8-20(23(29)24(31)28-19)27-22(30)13-16-3-2-10-34-16/h2-7,10-12,20,23H,8-9,13H2,1H3,(H,27,30)(H,28,31). The number of methoxy groups -OCH3 is 1. The number of thiophene rings is 1. The summed E-state index contributed by atoms with van der Waals surface area (Å²) in [5, 5.41) is 8.31. The van der Waals surface area contributed by atoms with Gasteiger partial charge >= 0.3 is 0 Å². The highest BCUT2D eigenvalue weighted by atomic mass is 35.5. The summed E-state index contributed by atoms with van der Waals surface area (Å²) in [6.07, 6.45) is 0.763. The molecule has 1 saturated heterocycles. The number of nitrogens with one attached hydrogen (secondary N) is 2. The fourth-order valence-corrected chi connectivity index (χ4v) is 5.47. The Morgan fingerprint density at radius 3 is 2.82 bits per heavy atom. The Labute approximate surface area is 205 Å². The lowest BCUT2D eigenvalue weighted by Gasteiger charge is -2.25. The number of halogens is 1. The number of amides is 3. The molecule has 0 spiro atoms. The van der Waals surface area contributed by atoms with Crippen molar-refractivity contribution in [2.75, 3.05) is 19.0 Å². The van der Waals surface area contributed by atoms with Gasteiger partial charge in [0.15, 0.2) is 0 Å².